The average Bonchev–Trinajstić information content (AvgIpc) is 1.57. The molecular formula is C81H119Cl4N15O8S4. The third-order valence-electron chi connectivity index (χ3n) is 16.9. The maximum Gasteiger partial charge on any atom is 0.225 e. The zero-order chi connectivity index (χ0) is 80.9. The second kappa shape index (κ2) is 56.7. The molecule has 0 amide bonds. The molecular weight excluding hydrogens is 1580 g/mol. The highest BCUT2D eigenvalue weighted by Gasteiger charge is 2.19. The molecule has 2 aromatic carbocycles. The molecule has 0 aliphatic heterocycles. The summed E-state index contributed by atoms with van der Waals surface area (Å²) in [5.41, 5.74) is 22.4. The van der Waals surface area contributed by atoms with Crippen LogP contribution in [-0.4, -0.2) is 116 Å². The predicted octanol–water partition coefficient (Wildman–Crippen LogP) is 22.1. The topological polar surface area (TPSA) is 334 Å². The first-order valence-corrected chi connectivity index (χ1v) is 42.3. The van der Waals surface area contributed by atoms with Gasteiger partial charge in [0.05, 0.1) is 69.3 Å². The molecule has 0 fully saturated rings. The minimum absolute atomic E-state index is 0. The van der Waals surface area contributed by atoms with Crippen molar-refractivity contribution in [3.05, 3.63) is 109 Å². The van der Waals surface area contributed by atoms with Crippen LogP contribution in [0.15, 0.2) is 82.2 Å². The van der Waals surface area contributed by atoms with Crippen LogP contribution in [-0.2, 0) is 32.3 Å². The lowest BCUT2D eigenvalue weighted by Gasteiger charge is -2.20. The van der Waals surface area contributed by atoms with Crippen molar-refractivity contribution in [2.45, 2.75) is 242 Å². The highest BCUT2D eigenvalue weighted by molar-refractivity contribution is 7.18. The number of nitrogens with two attached hydrogens (primary N) is 3. The minimum atomic E-state index is 0. The molecule has 23 nitrogen and oxygen atoms in total. The van der Waals surface area contributed by atoms with E-state index in [0.717, 1.165) is 182 Å². The Morgan fingerprint density at radius 3 is 1.24 bits per heavy atom. The lowest BCUT2D eigenvalue weighted by Crippen LogP contribution is -2.21. The van der Waals surface area contributed by atoms with E-state index in [1.54, 1.807) is 90.1 Å². The number of carbonyl (C=O) groups excluding carboxylic acids is 4. The molecule has 31 heteroatoms. The first kappa shape index (κ1) is 101. The quantitative estimate of drug-likeness (QED) is 0.0140. The summed E-state index contributed by atoms with van der Waals surface area (Å²) in [4.78, 5) is 78.9. The number of carbonyl (C=O) groups is 4. The summed E-state index contributed by atoms with van der Waals surface area (Å²) >= 11 is 23.7. The Morgan fingerprint density at radius 2 is 0.821 bits per heavy atom. The van der Waals surface area contributed by atoms with Crippen LogP contribution in [0, 0.1) is 0 Å². The van der Waals surface area contributed by atoms with E-state index in [1.165, 1.54) is 24.2 Å². The summed E-state index contributed by atoms with van der Waals surface area (Å²) < 4.78 is 24.9. The Morgan fingerprint density at radius 1 is 0.455 bits per heavy atom. The van der Waals surface area contributed by atoms with Crippen LogP contribution in [0.1, 0.15) is 216 Å². The summed E-state index contributed by atoms with van der Waals surface area (Å²) in [5.74, 6) is 7.18. The molecule has 10 aromatic rings. The minimum Gasteiger partial charge on any atom is -0.497 e. The van der Waals surface area contributed by atoms with Crippen LogP contribution in [0.3, 0.4) is 0 Å². The number of nitrogens with zero attached hydrogens (tertiary/aromatic N) is 8. The van der Waals surface area contributed by atoms with Gasteiger partial charge in [-0.1, -0.05) is 118 Å². The number of nitrogen functional groups attached to an aromatic ring is 1. The van der Waals surface area contributed by atoms with Gasteiger partial charge in [-0.25, -0.2) is 24.9 Å². The fraction of sp³-hybridized carbons (Fsp3) is 0.506. The van der Waals surface area contributed by atoms with Crippen molar-refractivity contribution in [1.29, 1.82) is 0 Å². The van der Waals surface area contributed by atoms with Gasteiger partial charge in [0.25, 0.3) is 0 Å². The van der Waals surface area contributed by atoms with Gasteiger partial charge in [0.2, 0.25) is 22.5 Å². The van der Waals surface area contributed by atoms with E-state index < -0.39 is 0 Å². The number of hydrogen-bond donors (Lipinski definition) is 7. The first-order valence-electron chi connectivity index (χ1n) is 37.6. The maximum atomic E-state index is 11.5. The molecule has 4 atom stereocenters. The lowest BCUT2D eigenvalue weighted by atomic mass is 10.0. The van der Waals surface area contributed by atoms with Crippen LogP contribution in [0.4, 0.5) is 29.4 Å². The van der Waals surface area contributed by atoms with E-state index in [9.17, 15) is 19.2 Å². The molecule has 0 bridgehead atoms. The molecule has 10 N–H and O–H groups in total. The van der Waals surface area contributed by atoms with E-state index in [4.69, 9.17) is 75.9 Å². The smallest absolute Gasteiger partial charge is 0.225 e. The second-order valence-corrected chi connectivity index (χ2v) is 30.4. The number of unbranched alkanes of at least 4 members (excludes halogenated alkanes) is 4. The molecule has 618 valence electrons. The number of nitrogens with one attached hydrogen (secondary N) is 4. The number of fused-ring (bicyclic) bond motifs is 4. The summed E-state index contributed by atoms with van der Waals surface area (Å²) in [6, 6.07) is 20.0. The van der Waals surface area contributed by atoms with Crippen LogP contribution in [0.25, 0.3) is 40.9 Å². The highest BCUT2D eigenvalue weighted by Crippen LogP contribution is 2.34. The molecule has 0 saturated carbocycles. The summed E-state index contributed by atoms with van der Waals surface area (Å²) in [7, 11) is 6.52. The molecule has 8 heterocycles. The Hall–Kier alpha value is -7.44. The monoisotopic (exact) mass is 1700 g/mol. The first-order chi connectivity index (χ1) is 53.0. The zero-order valence-corrected chi connectivity index (χ0v) is 73.0. The number of ether oxygens (including phenoxy) is 4. The van der Waals surface area contributed by atoms with Gasteiger partial charge in [0.1, 0.15) is 63.6 Å². The average molecular weight is 1700 g/mol. The Labute approximate surface area is 700 Å². The van der Waals surface area contributed by atoms with Crippen molar-refractivity contribution >= 4 is 186 Å². The largest absolute Gasteiger partial charge is 0.497 e. The van der Waals surface area contributed by atoms with Gasteiger partial charge in [0, 0.05) is 86.2 Å². The van der Waals surface area contributed by atoms with Crippen molar-refractivity contribution in [3.63, 3.8) is 0 Å². The number of rotatable bonds is 38. The van der Waals surface area contributed by atoms with Crippen LogP contribution in [0.5, 0.6) is 23.0 Å². The number of benzene rings is 2. The zero-order valence-electron chi connectivity index (χ0n) is 66.7. The van der Waals surface area contributed by atoms with Gasteiger partial charge in [0.15, 0.2) is 5.15 Å². The molecule has 0 unspecified atom stereocenters. The number of anilines is 5. The molecule has 112 heavy (non-hydrogen) atoms. The number of methoxy groups -OCH3 is 4. The van der Waals surface area contributed by atoms with Gasteiger partial charge < -0.3 is 76.6 Å². The van der Waals surface area contributed by atoms with Crippen LogP contribution < -0.4 is 57.4 Å². The lowest BCUT2D eigenvalue weighted by molar-refractivity contribution is -0.118. The van der Waals surface area contributed by atoms with Crippen LogP contribution >= 0.6 is 92.6 Å². The Bertz CT molecular complexity index is 4250. The number of hydrogen-bond acceptors (Lipinski definition) is 27. The van der Waals surface area contributed by atoms with Crippen LogP contribution in [0.2, 0.25) is 15.7 Å². The number of ketones is 4. The summed E-state index contributed by atoms with van der Waals surface area (Å²) in [5, 5.41) is 22.6. The SMILES string of the molecule is C.CC.CCCC[C@@H](N)CCC(C)=O.CCCC[C@H](CCC(C)=O)Nc1nc(Cl)nc2ccsc12.CCCC[C@H](CCC(C)=O)Nc1nc(N)nc2ccsc12.CCCC[C@H](CCC(C)=O)Nc1nc(NCc2ccc(OC)cc2OC)nc2ccsc12.COc1ccc(CN)c(OC)c1.Cl.Clc1nc(Cl)c2sccc2n1. The molecule has 0 radical (unpaired) electrons. The second-order valence-electron chi connectivity index (χ2n) is 25.7. The number of aromatic nitrogens is 8. The maximum absolute atomic E-state index is 11.5. The van der Waals surface area contributed by atoms with E-state index in [2.05, 4.69) is 83.8 Å². The molecule has 8 aromatic heterocycles. The fourth-order valence-electron chi connectivity index (χ4n) is 10.9. The predicted molar refractivity (Wildman–Crippen MR) is 477 cm³/mol. The van der Waals surface area contributed by atoms with E-state index >= 15 is 0 Å². The number of halogens is 4. The molecule has 0 saturated heterocycles. The Kier molecular flexibility index (Phi) is 51.0. The standard InChI is InChI=1S/C24H32N4O3S.C15H20ClN3OS.C15H22N4OS.C9H13NO2.C9H19NO.C6H2Cl2N2S.C2H6.CH4.ClH/c1-5-6-7-18(10-8-16(2)29)26-23-22-20(12-13-32-22)27-24(28-23)25-15-17-9-11-19(30-3)14-21(17)31-4;2*1-3-4-5-11(7-6-10(2)20)17-14-13-12(8-9-21-13)18-15(16)19-14;1-11-8-4-3-7(6-10)9(5-8)12-2;1-3-4-5-9(10)7-6-8(2)11;7-5-4-3(1-2-11-4)9-6(8)10-5;1-2;;/h9,11-14,18H,5-8,10,15H2,1-4H3,(H2,25,26,27,28);8-9,11H,3-7H2,1-2H3,(H,17,18,19);8-9,11H,3-7H2,1-2H3,(H3,16,17,18,19);3-5H,6,10H2,1-2H3;9H,3-7,10H2,1-2H3;1-2H;1-2H3;1H4;1H/t18-;2*11-;;9-;;;;/m111.1..../s1. The Balaban J connectivity index is 0.000000473. The van der Waals surface area contributed by atoms with E-state index in [-0.39, 0.29) is 83.6 Å². The van der Waals surface area contributed by atoms with Gasteiger partial charge >= 0.3 is 0 Å². The van der Waals surface area contributed by atoms with Crippen molar-refractivity contribution in [3.8, 4) is 23.0 Å². The fourth-order valence-corrected chi connectivity index (χ4v) is 14.6. The van der Waals surface area contributed by atoms with Gasteiger partial charge in [-0.05, 0) is 166 Å². The van der Waals surface area contributed by atoms with E-state index in [1.807, 2.05) is 96.0 Å². The highest BCUT2D eigenvalue weighted by atomic mass is 35.5. The molecule has 0 spiro atoms. The van der Waals surface area contributed by atoms with Gasteiger partial charge in [-0.15, -0.1) is 57.8 Å². The van der Waals surface area contributed by atoms with Crippen molar-refractivity contribution in [2.75, 3.05) is 55.4 Å². The van der Waals surface area contributed by atoms with Gasteiger partial charge in [-0.3, -0.25) is 0 Å². The third kappa shape index (κ3) is 36.8. The molecule has 0 aliphatic carbocycles. The third-order valence-corrected chi connectivity index (χ3v) is 21.2. The summed E-state index contributed by atoms with van der Waals surface area (Å²) in [6.45, 7) is 20.2. The number of Topliss-reactive ketones (excluding diaryl/α,β-unsaturated/α-hetero) is 4. The molecule has 0 aliphatic rings. The van der Waals surface area contributed by atoms with Crippen molar-refractivity contribution in [1.82, 2.24) is 39.9 Å². The number of thiophene rings is 4. The van der Waals surface area contributed by atoms with Gasteiger partial charge in [-0.2, -0.15) is 15.0 Å². The summed E-state index contributed by atoms with van der Waals surface area (Å²) in [6.07, 6.45) is 19.0. The molecule has 10 rings (SSSR count). The van der Waals surface area contributed by atoms with Crippen molar-refractivity contribution in [2.24, 2.45) is 11.5 Å². The van der Waals surface area contributed by atoms with E-state index in [0.29, 0.717) is 49.9 Å². The normalized spacial score (nSPS) is 11.5. The van der Waals surface area contributed by atoms with Crippen molar-refractivity contribution < 1.29 is 38.1 Å².